The Morgan fingerprint density at radius 2 is 2.06 bits per heavy atom. The van der Waals surface area contributed by atoms with Crippen LogP contribution in [0.2, 0.25) is 5.02 Å². The van der Waals surface area contributed by atoms with Crippen molar-refractivity contribution in [1.29, 1.82) is 0 Å². The van der Waals surface area contributed by atoms with E-state index in [0.29, 0.717) is 0 Å². The van der Waals surface area contributed by atoms with Gasteiger partial charge in [0.1, 0.15) is 0 Å². The molecule has 0 spiro atoms. The molecular weight excluding hydrogens is 244 g/mol. The van der Waals surface area contributed by atoms with Crippen molar-refractivity contribution in [2.75, 3.05) is 31.6 Å². The van der Waals surface area contributed by atoms with Crippen molar-refractivity contribution in [1.82, 2.24) is 5.32 Å². The maximum Gasteiger partial charge on any atom is 0.0426 e. The average molecular weight is 267 g/mol. The summed E-state index contributed by atoms with van der Waals surface area (Å²) in [7, 11) is 2.17. The van der Waals surface area contributed by atoms with Crippen molar-refractivity contribution in [3.05, 3.63) is 28.8 Å². The van der Waals surface area contributed by atoms with Crippen molar-refractivity contribution >= 4 is 17.3 Å². The highest BCUT2D eigenvalue weighted by Gasteiger charge is 2.14. The second-order valence-electron chi connectivity index (χ2n) is 5.33. The van der Waals surface area contributed by atoms with Gasteiger partial charge in [-0.3, -0.25) is 0 Å². The fourth-order valence-electron chi connectivity index (χ4n) is 2.66. The Kier molecular flexibility index (Phi) is 4.90. The molecule has 0 radical (unpaired) electrons. The number of rotatable bonds is 4. The third-order valence-corrected chi connectivity index (χ3v) is 4.15. The molecule has 18 heavy (non-hydrogen) atoms. The highest BCUT2D eigenvalue weighted by atomic mass is 35.5. The standard InChI is InChI=1S/C15H23ClN2/c1-12-3-4-14(16)11-15(12)18(2)10-7-13-5-8-17-9-6-13/h3-4,11,13,17H,5-10H2,1-2H3. The van der Waals surface area contributed by atoms with Crippen LogP contribution in [0.3, 0.4) is 0 Å². The van der Waals surface area contributed by atoms with Crippen LogP contribution < -0.4 is 10.2 Å². The molecule has 2 rings (SSSR count). The SMILES string of the molecule is Cc1ccc(Cl)cc1N(C)CCC1CCNCC1. The summed E-state index contributed by atoms with van der Waals surface area (Å²) in [5, 5.41) is 4.24. The zero-order valence-electron chi connectivity index (χ0n) is 11.4. The summed E-state index contributed by atoms with van der Waals surface area (Å²) < 4.78 is 0. The Balaban J connectivity index is 1.90. The molecule has 1 heterocycles. The summed E-state index contributed by atoms with van der Waals surface area (Å²) in [6.45, 7) is 5.63. The van der Waals surface area contributed by atoms with Gasteiger partial charge < -0.3 is 10.2 Å². The smallest absolute Gasteiger partial charge is 0.0426 e. The molecule has 1 aliphatic rings. The molecule has 1 N–H and O–H groups in total. The molecule has 0 atom stereocenters. The molecule has 2 nitrogen and oxygen atoms in total. The van der Waals surface area contributed by atoms with Gasteiger partial charge in [-0.05, 0) is 62.9 Å². The van der Waals surface area contributed by atoms with E-state index in [1.165, 1.54) is 43.6 Å². The molecule has 0 aromatic heterocycles. The minimum Gasteiger partial charge on any atom is -0.374 e. The number of halogens is 1. The number of benzene rings is 1. The Labute approximate surface area is 115 Å². The van der Waals surface area contributed by atoms with E-state index in [0.717, 1.165) is 17.5 Å². The van der Waals surface area contributed by atoms with Crippen LogP contribution in [0.25, 0.3) is 0 Å². The molecule has 1 aromatic rings. The zero-order valence-corrected chi connectivity index (χ0v) is 12.1. The lowest BCUT2D eigenvalue weighted by molar-refractivity contribution is 0.356. The second kappa shape index (κ2) is 6.44. The summed E-state index contributed by atoms with van der Waals surface area (Å²) in [6.07, 6.45) is 3.93. The first-order chi connectivity index (χ1) is 8.66. The number of piperidine rings is 1. The molecular formula is C15H23ClN2. The summed E-state index contributed by atoms with van der Waals surface area (Å²) in [5.74, 6) is 0.883. The molecule has 0 bridgehead atoms. The number of nitrogens with one attached hydrogen (secondary N) is 1. The van der Waals surface area contributed by atoms with Gasteiger partial charge in [0.2, 0.25) is 0 Å². The fourth-order valence-corrected chi connectivity index (χ4v) is 2.83. The number of anilines is 1. The first kappa shape index (κ1) is 13.7. The summed E-state index contributed by atoms with van der Waals surface area (Å²) in [4.78, 5) is 2.34. The van der Waals surface area contributed by atoms with E-state index < -0.39 is 0 Å². The van der Waals surface area contributed by atoms with Gasteiger partial charge >= 0.3 is 0 Å². The van der Waals surface area contributed by atoms with E-state index in [-0.39, 0.29) is 0 Å². The van der Waals surface area contributed by atoms with Gasteiger partial charge in [0.05, 0.1) is 0 Å². The molecule has 1 aromatic carbocycles. The molecule has 1 fully saturated rings. The van der Waals surface area contributed by atoms with Gasteiger partial charge in [0, 0.05) is 24.3 Å². The lowest BCUT2D eigenvalue weighted by atomic mass is 9.94. The minimum absolute atomic E-state index is 0.823. The van der Waals surface area contributed by atoms with Gasteiger partial charge in [-0.15, -0.1) is 0 Å². The normalized spacial score (nSPS) is 16.8. The number of nitrogens with zero attached hydrogens (tertiary/aromatic N) is 1. The molecule has 1 aliphatic heterocycles. The van der Waals surface area contributed by atoms with Crippen molar-refractivity contribution in [2.24, 2.45) is 5.92 Å². The largest absolute Gasteiger partial charge is 0.374 e. The molecule has 3 heteroatoms. The minimum atomic E-state index is 0.823. The quantitative estimate of drug-likeness (QED) is 0.898. The second-order valence-corrected chi connectivity index (χ2v) is 5.77. The van der Waals surface area contributed by atoms with E-state index in [2.05, 4.69) is 36.3 Å². The van der Waals surface area contributed by atoms with E-state index >= 15 is 0 Å². The summed E-state index contributed by atoms with van der Waals surface area (Å²) in [5.41, 5.74) is 2.56. The average Bonchev–Trinajstić information content (AvgIpc) is 2.40. The number of hydrogen-bond acceptors (Lipinski definition) is 2. The van der Waals surface area contributed by atoms with E-state index in [1.54, 1.807) is 0 Å². The predicted octanol–water partition coefficient (Wildman–Crippen LogP) is 3.47. The Hall–Kier alpha value is -0.730. The van der Waals surface area contributed by atoms with Crippen molar-refractivity contribution in [3.8, 4) is 0 Å². The van der Waals surface area contributed by atoms with Crippen LogP contribution in [0.1, 0.15) is 24.8 Å². The van der Waals surface area contributed by atoms with Gasteiger partial charge in [-0.1, -0.05) is 17.7 Å². The van der Waals surface area contributed by atoms with Crippen LogP contribution >= 0.6 is 11.6 Å². The maximum absolute atomic E-state index is 6.07. The van der Waals surface area contributed by atoms with Crippen LogP contribution in [0.5, 0.6) is 0 Å². The predicted molar refractivity (Wildman–Crippen MR) is 79.7 cm³/mol. The Morgan fingerprint density at radius 3 is 2.78 bits per heavy atom. The third-order valence-electron chi connectivity index (χ3n) is 3.91. The molecule has 0 saturated carbocycles. The number of aryl methyl sites for hydroxylation is 1. The van der Waals surface area contributed by atoms with E-state index in [4.69, 9.17) is 11.6 Å². The van der Waals surface area contributed by atoms with Crippen molar-refractivity contribution in [3.63, 3.8) is 0 Å². The number of hydrogen-bond donors (Lipinski definition) is 1. The molecule has 0 aliphatic carbocycles. The van der Waals surface area contributed by atoms with Gasteiger partial charge in [0.25, 0.3) is 0 Å². The Morgan fingerprint density at radius 1 is 1.33 bits per heavy atom. The summed E-state index contributed by atoms with van der Waals surface area (Å²) in [6, 6.07) is 6.12. The van der Waals surface area contributed by atoms with E-state index in [9.17, 15) is 0 Å². The van der Waals surface area contributed by atoms with Crippen LogP contribution in [0.15, 0.2) is 18.2 Å². The van der Waals surface area contributed by atoms with Crippen molar-refractivity contribution < 1.29 is 0 Å². The van der Waals surface area contributed by atoms with Gasteiger partial charge in [-0.25, -0.2) is 0 Å². The first-order valence-electron chi connectivity index (χ1n) is 6.85. The lowest BCUT2D eigenvalue weighted by Gasteiger charge is -2.27. The van der Waals surface area contributed by atoms with Crippen molar-refractivity contribution in [2.45, 2.75) is 26.2 Å². The zero-order chi connectivity index (χ0) is 13.0. The third kappa shape index (κ3) is 3.63. The first-order valence-corrected chi connectivity index (χ1v) is 7.22. The van der Waals surface area contributed by atoms with E-state index in [1.807, 2.05) is 6.07 Å². The monoisotopic (exact) mass is 266 g/mol. The lowest BCUT2D eigenvalue weighted by Crippen LogP contribution is -2.30. The topological polar surface area (TPSA) is 15.3 Å². The summed E-state index contributed by atoms with van der Waals surface area (Å²) >= 11 is 6.07. The fraction of sp³-hybridized carbons (Fsp3) is 0.600. The molecule has 100 valence electrons. The Bertz CT molecular complexity index is 386. The molecule has 0 unspecified atom stereocenters. The maximum atomic E-state index is 6.07. The highest BCUT2D eigenvalue weighted by Crippen LogP contribution is 2.24. The van der Waals surface area contributed by atoms with Gasteiger partial charge in [0.15, 0.2) is 0 Å². The van der Waals surface area contributed by atoms with Crippen LogP contribution in [0, 0.1) is 12.8 Å². The van der Waals surface area contributed by atoms with Gasteiger partial charge in [-0.2, -0.15) is 0 Å². The highest BCUT2D eigenvalue weighted by molar-refractivity contribution is 6.30. The molecule has 1 saturated heterocycles. The van der Waals surface area contributed by atoms with Crippen LogP contribution in [-0.4, -0.2) is 26.7 Å². The molecule has 0 amide bonds. The van der Waals surface area contributed by atoms with Crippen LogP contribution in [0.4, 0.5) is 5.69 Å². The van der Waals surface area contributed by atoms with Crippen LogP contribution in [-0.2, 0) is 0 Å².